The van der Waals surface area contributed by atoms with Crippen LogP contribution in [0.15, 0.2) is 18.2 Å². The van der Waals surface area contributed by atoms with Crippen molar-refractivity contribution in [3.05, 3.63) is 24.0 Å². The Labute approximate surface area is 144 Å². The number of rotatable bonds is 4. The summed E-state index contributed by atoms with van der Waals surface area (Å²) in [5, 5.41) is 5.22. The van der Waals surface area contributed by atoms with Crippen LogP contribution in [0.1, 0.15) is 25.7 Å². The predicted molar refractivity (Wildman–Crippen MR) is 90.3 cm³/mol. The summed E-state index contributed by atoms with van der Waals surface area (Å²) in [7, 11) is 0. The summed E-state index contributed by atoms with van der Waals surface area (Å²) >= 11 is 0. The first-order chi connectivity index (χ1) is 11.9. The second-order valence-corrected chi connectivity index (χ2v) is 6.48. The molecule has 0 radical (unpaired) electrons. The number of hydrogen-bond acceptors (Lipinski definition) is 5. The number of carbonyl (C=O) groups is 3. The van der Waals surface area contributed by atoms with Crippen molar-refractivity contribution in [3.8, 4) is 0 Å². The number of piperidine rings is 2. The number of hydrogen-bond donors (Lipinski definition) is 3. The van der Waals surface area contributed by atoms with Crippen molar-refractivity contribution in [1.29, 1.82) is 0 Å². The highest BCUT2D eigenvalue weighted by Gasteiger charge is 2.27. The highest BCUT2D eigenvalue weighted by atomic mass is 19.1. The summed E-state index contributed by atoms with van der Waals surface area (Å²) in [6.45, 7) is 1.15. The van der Waals surface area contributed by atoms with Crippen LogP contribution >= 0.6 is 0 Å². The van der Waals surface area contributed by atoms with Gasteiger partial charge in [0.05, 0.1) is 5.69 Å². The number of primary amides is 1. The van der Waals surface area contributed by atoms with Gasteiger partial charge in [0.25, 0.3) is 0 Å². The van der Waals surface area contributed by atoms with E-state index in [1.165, 1.54) is 6.07 Å². The molecule has 1 aromatic carbocycles. The molecule has 0 aromatic heterocycles. The van der Waals surface area contributed by atoms with Gasteiger partial charge in [-0.2, -0.15) is 0 Å². The van der Waals surface area contributed by atoms with E-state index in [0.29, 0.717) is 43.7 Å². The number of amides is 3. The Morgan fingerprint density at radius 3 is 2.56 bits per heavy atom. The van der Waals surface area contributed by atoms with Crippen LogP contribution in [0.3, 0.4) is 0 Å². The van der Waals surface area contributed by atoms with Crippen LogP contribution in [-0.2, 0) is 14.4 Å². The van der Waals surface area contributed by atoms with Gasteiger partial charge in [0.2, 0.25) is 17.7 Å². The quantitative estimate of drug-likeness (QED) is 0.697. The van der Waals surface area contributed by atoms with Crippen LogP contribution in [0, 0.1) is 11.7 Å². The number of nitrogens with one attached hydrogen (secondary N) is 2. The van der Waals surface area contributed by atoms with E-state index in [2.05, 4.69) is 10.6 Å². The van der Waals surface area contributed by atoms with Crippen LogP contribution in [0.25, 0.3) is 0 Å². The molecule has 0 spiro atoms. The van der Waals surface area contributed by atoms with Crippen molar-refractivity contribution >= 4 is 29.1 Å². The third-order valence-electron chi connectivity index (χ3n) is 4.77. The van der Waals surface area contributed by atoms with E-state index in [0.717, 1.165) is 0 Å². The van der Waals surface area contributed by atoms with Crippen molar-refractivity contribution in [1.82, 2.24) is 5.32 Å². The highest BCUT2D eigenvalue weighted by molar-refractivity contribution is 6.01. The molecule has 0 saturated carbocycles. The van der Waals surface area contributed by atoms with Gasteiger partial charge >= 0.3 is 0 Å². The molecule has 2 saturated heterocycles. The number of nitrogens with two attached hydrogens (primary N) is 1. The third-order valence-corrected chi connectivity index (χ3v) is 4.77. The molecule has 4 N–H and O–H groups in total. The smallest absolute Gasteiger partial charge is 0.249 e. The fraction of sp³-hybridized carbons (Fsp3) is 0.471. The Morgan fingerprint density at radius 1 is 1.24 bits per heavy atom. The summed E-state index contributed by atoms with van der Waals surface area (Å²) in [4.78, 5) is 36.0. The number of anilines is 2. The molecule has 2 heterocycles. The van der Waals surface area contributed by atoms with Gasteiger partial charge in [-0.25, -0.2) is 4.39 Å². The van der Waals surface area contributed by atoms with E-state index < -0.39 is 17.8 Å². The van der Waals surface area contributed by atoms with Crippen LogP contribution in [0.2, 0.25) is 0 Å². The molecule has 0 bridgehead atoms. The van der Waals surface area contributed by atoms with Gasteiger partial charge in [-0.15, -0.1) is 0 Å². The summed E-state index contributed by atoms with van der Waals surface area (Å²) in [6.07, 6.45) is 1.88. The fourth-order valence-electron chi connectivity index (χ4n) is 3.29. The minimum Gasteiger partial charge on any atom is -0.374 e. The maximum atomic E-state index is 14.5. The topological polar surface area (TPSA) is 105 Å². The molecule has 2 fully saturated rings. The molecule has 2 aliphatic rings. The number of imide groups is 1. The molecule has 1 atom stereocenters. The maximum Gasteiger partial charge on any atom is 0.249 e. The lowest BCUT2D eigenvalue weighted by molar-refractivity contribution is -0.133. The van der Waals surface area contributed by atoms with Crippen LogP contribution < -0.4 is 21.3 Å². The highest BCUT2D eigenvalue weighted by Crippen LogP contribution is 2.28. The molecule has 1 unspecified atom stereocenters. The van der Waals surface area contributed by atoms with Gasteiger partial charge < -0.3 is 16.0 Å². The average Bonchev–Trinajstić information content (AvgIpc) is 2.58. The van der Waals surface area contributed by atoms with Gasteiger partial charge in [-0.1, -0.05) is 0 Å². The molecule has 3 amide bonds. The zero-order chi connectivity index (χ0) is 18.0. The van der Waals surface area contributed by atoms with Crippen molar-refractivity contribution < 1.29 is 18.8 Å². The predicted octanol–water partition coefficient (Wildman–Crippen LogP) is 0.744. The van der Waals surface area contributed by atoms with E-state index in [-0.39, 0.29) is 24.2 Å². The molecule has 1 aromatic rings. The second kappa shape index (κ2) is 7.08. The Bertz CT molecular complexity index is 701. The third kappa shape index (κ3) is 3.89. The summed E-state index contributed by atoms with van der Waals surface area (Å²) in [5.41, 5.74) is 6.27. The Balaban J connectivity index is 1.64. The van der Waals surface area contributed by atoms with E-state index in [1.54, 1.807) is 12.1 Å². The zero-order valence-corrected chi connectivity index (χ0v) is 13.8. The van der Waals surface area contributed by atoms with Crippen molar-refractivity contribution in [2.45, 2.75) is 31.7 Å². The molecule has 25 heavy (non-hydrogen) atoms. The van der Waals surface area contributed by atoms with Gasteiger partial charge in [0, 0.05) is 31.1 Å². The largest absolute Gasteiger partial charge is 0.374 e. The zero-order valence-electron chi connectivity index (χ0n) is 13.8. The van der Waals surface area contributed by atoms with Crippen molar-refractivity contribution in [3.63, 3.8) is 0 Å². The summed E-state index contributed by atoms with van der Waals surface area (Å²) in [5.74, 6) is -1.52. The normalized spacial score (nSPS) is 21.8. The second-order valence-electron chi connectivity index (χ2n) is 6.48. The van der Waals surface area contributed by atoms with Crippen molar-refractivity contribution in [2.75, 3.05) is 23.3 Å². The average molecular weight is 348 g/mol. The first-order valence-corrected chi connectivity index (χ1v) is 8.38. The molecule has 7 nitrogen and oxygen atoms in total. The minimum absolute atomic E-state index is 0.146. The Hall–Kier alpha value is -2.64. The van der Waals surface area contributed by atoms with E-state index in [1.807, 2.05) is 4.90 Å². The molecular formula is C17H21FN4O3. The number of benzene rings is 1. The lowest BCUT2D eigenvalue weighted by atomic mass is 9.96. The molecular weight excluding hydrogens is 327 g/mol. The molecule has 134 valence electrons. The van der Waals surface area contributed by atoms with Gasteiger partial charge in [-0.05, 0) is 37.5 Å². The number of carbonyl (C=O) groups excluding carboxylic acids is 3. The molecule has 8 heteroatoms. The van der Waals surface area contributed by atoms with Gasteiger partial charge in [-0.3, -0.25) is 19.7 Å². The van der Waals surface area contributed by atoms with E-state index >= 15 is 0 Å². The number of halogens is 1. The minimum atomic E-state index is -0.547. The molecule has 3 rings (SSSR count). The lowest BCUT2D eigenvalue weighted by Crippen LogP contribution is -2.47. The first-order valence-electron chi connectivity index (χ1n) is 8.38. The number of nitrogens with zero attached hydrogens (tertiary/aromatic N) is 1. The fourth-order valence-corrected chi connectivity index (χ4v) is 3.29. The SMILES string of the molecule is NC(=O)C1CCN(c2ccc(NC3CCC(=O)NC3=O)cc2F)CC1. The monoisotopic (exact) mass is 348 g/mol. The molecule has 0 aliphatic carbocycles. The summed E-state index contributed by atoms with van der Waals surface area (Å²) < 4.78 is 14.5. The Kier molecular flexibility index (Phi) is 4.87. The van der Waals surface area contributed by atoms with Crippen LogP contribution in [0.5, 0.6) is 0 Å². The van der Waals surface area contributed by atoms with Crippen LogP contribution in [-0.4, -0.2) is 36.9 Å². The van der Waals surface area contributed by atoms with Crippen molar-refractivity contribution in [2.24, 2.45) is 11.7 Å². The Morgan fingerprint density at radius 2 is 1.96 bits per heavy atom. The molecule has 2 aliphatic heterocycles. The maximum absolute atomic E-state index is 14.5. The van der Waals surface area contributed by atoms with E-state index in [4.69, 9.17) is 5.73 Å². The van der Waals surface area contributed by atoms with Gasteiger partial charge in [0.1, 0.15) is 11.9 Å². The first kappa shape index (κ1) is 17.2. The lowest BCUT2D eigenvalue weighted by Gasteiger charge is -2.32. The van der Waals surface area contributed by atoms with Gasteiger partial charge in [0.15, 0.2) is 0 Å². The van der Waals surface area contributed by atoms with E-state index in [9.17, 15) is 18.8 Å². The standard InChI is InChI=1S/C17H21FN4O3/c18-12-9-11(20-13-2-4-15(23)21-17(13)25)1-3-14(12)22-7-5-10(6-8-22)16(19)24/h1,3,9-10,13,20H,2,4-8H2,(H2,19,24)(H,21,23,25). The summed E-state index contributed by atoms with van der Waals surface area (Å²) in [6, 6.07) is 4.17. The van der Waals surface area contributed by atoms with Crippen LogP contribution in [0.4, 0.5) is 15.8 Å².